The molecule has 0 bridgehead atoms. The van der Waals surface area contributed by atoms with E-state index in [1.54, 1.807) is 13.0 Å². The van der Waals surface area contributed by atoms with E-state index in [1.165, 1.54) is 4.31 Å². The molecular weight excluding hydrogens is 302 g/mol. The van der Waals surface area contributed by atoms with Crippen molar-refractivity contribution in [3.05, 3.63) is 42.5 Å². The topological polar surface area (TPSA) is 74.7 Å². The van der Waals surface area contributed by atoms with Crippen LogP contribution < -0.4 is 4.31 Å². The number of carboxylic acids is 1. The van der Waals surface area contributed by atoms with Gasteiger partial charge in [-0.1, -0.05) is 30.3 Å². The van der Waals surface area contributed by atoms with E-state index < -0.39 is 16.0 Å². The van der Waals surface area contributed by atoms with Crippen molar-refractivity contribution in [1.82, 2.24) is 0 Å². The molecule has 0 aliphatic rings. The molecule has 22 heavy (non-hydrogen) atoms. The van der Waals surface area contributed by atoms with Gasteiger partial charge in [0.05, 0.1) is 11.4 Å². The minimum atomic E-state index is -3.44. The van der Waals surface area contributed by atoms with Gasteiger partial charge in [0.25, 0.3) is 0 Å². The minimum Gasteiger partial charge on any atom is -0.481 e. The number of hydrogen-bond donors (Lipinski definition) is 1. The van der Waals surface area contributed by atoms with Gasteiger partial charge in [0, 0.05) is 13.0 Å². The van der Waals surface area contributed by atoms with Crippen molar-refractivity contribution in [2.75, 3.05) is 16.6 Å². The van der Waals surface area contributed by atoms with E-state index in [0.717, 1.165) is 10.8 Å². The summed E-state index contributed by atoms with van der Waals surface area (Å²) >= 11 is 0. The number of sulfonamides is 1. The highest BCUT2D eigenvalue weighted by Gasteiger charge is 2.20. The SMILES string of the molecule is CCS(=O)(=O)N(CCCC(=O)O)c1ccc2ccccc2c1. The molecule has 0 unspecified atom stereocenters. The first-order valence-electron chi connectivity index (χ1n) is 7.15. The Kier molecular flexibility index (Phi) is 5.03. The fourth-order valence-electron chi connectivity index (χ4n) is 2.29. The molecule has 0 heterocycles. The third kappa shape index (κ3) is 3.76. The van der Waals surface area contributed by atoms with Crippen molar-refractivity contribution in [3.63, 3.8) is 0 Å². The Labute approximate surface area is 130 Å². The minimum absolute atomic E-state index is 0.0209. The summed E-state index contributed by atoms with van der Waals surface area (Å²) in [5, 5.41) is 10.7. The molecule has 5 nitrogen and oxygen atoms in total. The molecule has 2 aromatic rings. The first-order chi connectivity index (χ1) is 10.4. The predicted molar refractivity (Wildman–Crippen MR) is 87.6 cm³/mol. The molecule has 0 spiro atoms. The summed E-state index contributed by atoms with van der Waals surface area (Å²) in [5.74, 6) is -0.945. The van der Waals surface area contributed by atoms with Gasteiger partial charge in [-0.05, 0) is 36.2 Å². The summed E-state index contributed by atoms with van der Waals surface area (Å²) in [4.78, 5) is 10.6. The number of rotatable bonds is 7. The summed E-state index contributed by atoms with van der Waals surface area (Å²) in [5.41, 5.74) is 0.575. The smallest absolute Gasteiger partial charge is 0.303 e. The second-order valence-electron chi connectivity index (χ2n) is 5.00. The third-order valence-electron chi connectivity index (χ3n) is 3.47. The maximum absolute atomic E-state index is 12.3. The van der Waals surface area contributed by atoms with Crippen LogP contribution in [-0.4, -0.2) is 31.8 Å². The molecule has 2 rings (SSSR count). The van der Waals surface area contributed by atoms with Gasteiger partial charge in [-0.15, -0.1) is 0 Å². The normalized spacial score (nSPS) is 11.5. The lowest BCUT2D eigenvalue weighted by molar-refractivity contribution is -0.137. The summed E-state index contributed by atoms with van der Waals surface area (Å²) in [6, 6.07) is 13.2. The predicted octanol–water partition coefficient (Wildman–Crippen LogP) is 2.86. The highest BCUT2D eigenvalue weighted by Crippen LogP contribution is 2.24. The Bertz CT molecular complexity index is 771. The van der Waals surface area contributed by atoms with Gasteiger partial charge in [0.1, 0.15) is 0 Å². The Morgan fingerprint density at radius 3 is 2.45 bits per heavy atom. The van der Waals surface area contributed by atoms with Crippen LogP contribution in [0.3, 0.4) is 0 Å². The van der Waals surface area contributed by atoms with Crippen molar-refractivity contribution < 1.29 is 18.3 Å². The quantitative estimate of drug-likeness (QED) is 0.851. The molecular formula is C16H19NO4S. The second kappa shape index (κ2) is 6.79. The molecule has 1 N–H and O–H groups in total. The van der Waals surface area contributed by atoms with Crippen molar-refractivity contribution >= 4 is 32.5 Å². The van der Waals surface area contributed by atoms with E-state index in [4.69, 9.17) is 5.11 Å². The maximum Gasteiger partial charge on any atom is 0.303 e. The lowest BCUT2D eigenvalue weighted by atomic mass is 10.1. The van der Waals surface area contributed by atoms with Gasteiger partial charge in [-0.25, -0.2) is 8.42 Å². The van der Waals surface area contributed by atoms with Gasteiger partial charge in [0.2, 0.25) is 10.0 Å². The first kappa shape index (κ1) is 16.3. The van der Waals surface area contributed by atoms with Crippen LogP contribution in [0.15, 0.2) is 42.5 Å². The van der Waals surface area contributed by atoms with Crippen molar-refractivity contribution in [3.8, 4) is 0 Å². The van der Waals surface area contributed by atoms with Crippen molar-refractivity contribution in [1.29, 1.82) is 0 Å². The summed E-state index contributed by atoms with van der Waals surface area (Å²) in [6.07, 6.45) is 0.227. The number of hydrogen-bond acceptors (Lipinski definition) is 3. The number of benzene rings is 2. The van der Waals surface area contributed by atoms with E-state index in [1.807, 2.05) is 36.4 Å². The van der Waals surface area contributed by atoms with Gasteiger partial charge >= 0.3 is 5.97 Å². The standard InChI is InChI=1S/C16H19NO4S/c1-2-22(20,21)17(11-5-8-16(18)19)15-10-9-13-6-3-4-7-14(13)12-15/h3-4,6-7,9-10,12H,2,5,8,11H2,1H3,(H,18,19). The van der Waals surface area contributed by atoms with E-state index in [9.17, 15) is 13.2 Å². The largest absolute Gasteiger partial charge is 0.481 e. The Morgan fingerprint density at radius 1 is 1.14 bits per heavy atom. The van der Waals surface area contributed by atoms with E-state index in [-0.39, 0.29) is 25.1 Å². The number of anilines is 1. The molecule has 2 aromatic carbocycles. The number of nitrogens with zero attached hydrogens (tertiary/aromatic N) is 1. The highest BCUT2D eigenvalue weighted by atomic mass is 32.2. The highest BCUT2D eigenvalue weighted by molar-refractivity contribution is 7.92. The van der Waals surface area contributed by atoms with Gasteiger partial charge < -0.3 is 5.11 Å². The Hall–Kier alpha value is -2.08. The number of carboxylic acid groups (broad SMARTS) is 1. The molecule has 0 fully saturated rings. The monoisotopic (exact) mass is 321 g/mol. The number of carbonyl (C=O) groups is 1. The van der Waals surface area contributed by atoms with Crippen LogP contribution in [0.1, 0.15) is 19.8 Å². The zero-order valence-corrected chi connectivity index (χ0v) is 13.2. The number of fused-ring (bicyclic) bond motifs is 1. The van der Waals surface area contributed by atoms with E-state index in [0.29, 0.717) is 5.69 Å². The van der Waals surface area contributed by atoms with Crippen LogP contribution in [0.5, 0.6) is 0 Å². The van der Waals surface area contributed by atoms with Crippen LogP contribution in [0.4, 0.5) is 5.69 Å². The first-order valence-corrected chi connectivity index (χ1v) is 8.76. The lowest BCUT2D eigenvalue weighted by Gasteiger charge is -2.24. The van der Waals surface area contributed by atoms with Crippen molar-refractivity contribution in [2.24, 2.45) is 0 Å². The average molecular weight is 321 g/mol. The molecule has 0 aliphatic heterocycles. The summed E-state index contributed by atoms with van der Waals surface area (Å²) < 4.78 is 25.9. The second-order valence-corrected chi connectivity index (χ2v) is 7.18. The van der Waals surface area contributed by atoms with Gasteiger partial charge in [-0.2, -0.15) is 0 Å². The molecule has 6 heteroatoms. The average Bonchev–Trinajstić information content (AvgIpc) is 2.50. The number of aliphatic carboxylic acids is 1. The molecule has 0 saturated heterocycles. The van der Waals surface area contributed by atoms with Crippen LogP contribution >= 0.6 is 0 Å². The van der Waals surface area contributed by atoms with Crippen LogP contribution in [-0.2, 0) is 14.8 Å². The van der Waals surface area contributed by atoms with Crippen LogP contribution in [0, 0.1) is 0 Å². The van der Waals surface area contributed by atoms with E-state index >= 15 is 0 Å². The fourth-order valence-corrected chi connectivity index (χ4v) is 3.44. The summed E-state index contributed by atoms with van der Waals surface area (Å²) in [6.45, 7) is 1.75. The fraction of sp³-hybridized carbons (Fsp3) is 0.312. The van der Waals surface area contributed by atoms with Gasteiger partial charge in [-0.3, -0.25) is 9.10 Å². The third-order valence-corrected chi connectivity index (χ3v) is 5.27. The molecule has 0 atom stereocenters. The van der Waals surface area contributed by atoms with Gasteiger partial charge in [0.15, 0.2) is 0 Å². The Morgan fingerprint density at radius 2 is 1.82 bits per heavy atom. The zero-order valence-electron chi connectivity index (χ0n) is 12.4. The maximum atomic E-state index is 12.3. The Balaban J connectivity index is 2.35. The summed E-state index contributed by atoms with van der Waals surface area (Å²) in [7, 11) is -3.44. The molecule has 0 radical (unpaired) electrons. The molecule has 0 aromatic heterocycles. The van der Waals surface area contributed by atoms with E-state index in [2.05, 4.69) is 0 Å². The van der Waals surface area contributed by atoms with Crippen LogP contribution in [0.2, 0.25) is 0 Å². The zero-order chi connectivity index (χ0) is 16.2. The molecule has 118 valence electrons. The molecule has 0 amide bonds. The lowest BCUT2D eigenvalue weighted by Crippen LogP contribution is -2.33. The van der Waals surface area contributed by atoms with Crippen molar-refractivity contribution in [2.45, 2.75) is 19.8 Å². The molecule has 0 aliphatic carbocycles. The van der Waals surface area contributed by atoms with Crippen LogP contribution in [0.25, 0.3) is 10.8 Å². The molecule has 0 saturated carbocycles.